The normalized spacial score (nSPS) is 19.2. The smallest absolute Gasteiger partial charge is 0.246 e. The number of hydrogen-bond donors (Lipinski definition) is 2. The van der Waals surface area contributed by atoms with Crippen LogP contribution in [0, 0.1) is 5.82 Å². The fraction of sp³-hybridized carbons (Fsp3) is 0.500. The van der Waals surface area contributed by atoms with Crippen molar-refractivity contribution < 1.29 is 14.3 Å². The Morgan fingerprint density at radius 3 is 2.69 bits per heavy atom. The molecule has 26 heavy (non-hydrogen) atoms. The lowest BCUT2D eigenvalue weighted by atomic mass is 10.1. The third-order valence-corrected chi connectivity index (χ3v) is 5.34. The maximum Gasteiger partial charge on any atom is 0.246 e. The minimum atomic E-state index is -0.629. The van der Waals surface area contributed by atoms with Gasteiger partial charge in [0.1, 0.15) is 11.6 Å². The van der Waals surface area contributed by atoms with Crippen molar-refractivity contribution in [3.05, 3.63) is 35.6 Å². The van der Waals surface area contributed by atoms with Crippen LogP contribution in [0.5, 0.6) is 5.75 Å². The molecule has 0 aliphatic carbocycles. The van der Waals surface area contributed by atoms with E-state index in [1.54, 1.807) is 0 Å². The van der Waals surface area contributed by atoms with Crippen molar-refractivity contribution in [3.63, 3.8) is 0 Å². The van der Waals surface area contributed by atoms with E-state index in [4.69, 9.17) is 11.6 Å². The Hall–Kier alpha value is -1.83. The van der Waals surface area contributed by atoms with E-state index < -0.39 is 5.82 Å². The van der Waals surface area contributed by atoms with Crippen molar-refractivity contribution in [2.24, 2.45) is 0 Å². The molecule has 2 heterocycles. The SMILES string of the molecule is C=CC(=O)N1CC(N2CCN(CCNc3cc(Cl)c(F)cc3O)CC2)C1. The van der Waals surface area contributed by atoms with Crippen LogP contribution in [0.1, 0.15) is 0 Å². The number of likely N-dealkylation sites (tertiary alicyclic amines) is 1. The number of anilines is 1. The molecule has 2 N–H and O–H groups in total. The zero-order valence-corrected chi connectivity index (χ0v) is 15.4. The van der Waals surface area contributed by atoms with Crippen molar-refractivity contribution >= 4 is 23.2 Å². The summed E-state index contributed by atoms with van der Waals surface area (Å²) in [5.74, 6) is -0.759. The molecule has 0 atom stereocenters. The number of nitrogens with zero attached hydrogens (tertiary/aromatic N) is 3. The average Bonchev–Trinajstić information content (AvgIpc) is 2.59. The average molecular weight is 383 g/mol. The molecule has 0 bridgehead atoms. The summed E-state index contributed by atoms with van der Waals surface area (Å²) in [6.45, 7) is 10.4. The lowest BCUT2D eigenvalue weighted by Crippen LogP contribution is -2.64. The van der Waals surface area contributed by atoms with E-state index in [0.29, 0.717) is 18.3 Å². The van der Waals surface area contributed by atoms with Crippen LogP contribution in [0.3, 0.4) is 0 Å². The van der Waals surface area contributed by atoms with Crippen LogP contribution in [0.25, 0.3) is 0 Å². The first-order valence-electron chi connectivity index (χ1n) is 8.77. The van der Waals surface area contributed by atoms with E-state index in [1.165, 1.54) is 12.1 Å². The molecular weight excluding hydrogens is 359 g/mol. The van der Waals surface area contributed by atoms with Crippen LogP contribution < -0.4 is 5.32 Å². The standard InChI is InChI=1S/C18H24ClFN4O2/c1-2-18(26)24-11-13(12-24)23-7-5-22(6-8-23)4-3-21-16-9-14(19)15(20)10-17(16)25/h2,9-10,13,21,25H,1,3-8,11-12H2. The zero-order valence-electron chi connectivity index (χ0n) is 14.6. The van der Waals surface area contributed by atoms with Crippen LogP contribution in [0.2, 0.25) is 5.02 Å². The summed E-state index contributed by atoms with van der Waals surface area (Å²) in [5, 5.41) is 12.8. The monoisotopic (exact) mass is 382 g/mol. The van der Waals surface area contributed by atoms with Crippen LogP contribution in [0.15, 0.2) is 24.8 Å². The van der Waals surface area contributed by atoms with Crippen LogP contribution in [-0.2, 0) is 4.79 Å². The molecule has 0 aromatic heterocycles. The molecule has 2 fully saturated rings. The topological polar surface area (TPSA) is 59.1 Å². The van der Waals surface area contributed by atoms with Gasteiger partial charge in [0.2, 0.25) is 5.91 Å². The molecular formula is C18H24ClFN4O2. The second-order valence-corrected chi connectivity index (χ2v) is 7.10. The maximum atomic E-state index is 13.2. The first-order valence-corrected chi connectivity index (χ1v) is 9.15. The van der Waals surface area contributed by atoms with Gasteiger partial charge in [0.05, 0.1) is 10.7 Å². The van der Waals surface area contributed by atoms with Crippen molar-refractivity contribution in [1.82, 2.24) is 14.7 Å². The van der Waals surface area contributed by atoms with E-state index in [9.17, 15) is 14.3 Å². The van der Waals surface area contributed by atoms with Gasteiger partial charge in [-0.2, -0.15) is 0 Å². The van der Waals surface area contributed by atoms with Gasteiger partial charge in [-0.1, -0.05) is 18.2 Å². The summed E-state index contributed by atoms with van der Waals surface area (Å²) >= 11 is 5.75. The van der Waals surface area contributed by atoms with E-state index in [2.05, 4.69) is 21.7 Å². The summed E-state index contributed by atoms with van der Waals surface area (Å²) in [6.07, 6.45) is 1.37. The van der Waals surface area contributed by atoms with Gasteiger partial charge in [0.25, 0.3) is 0 Å². The summed E-state index contributed by atoms with van der Waals surface area (Å²) < 4.78 is 13.2. The number of piperazine rings is 1. The van der Waals surface area contributed by atoms with Crippen molar-refractivity contribution in [2.45, 2.75) is 6.04 Å². The first kappa shape index (κ1) is 18.9. The Morgan fingerprint density at radius 1 is 1.35 bits per heavy atom. The molecule has 6 nitrogen and oxygen atoms in total. The number of rotatable bonds is 6. The number of phenols is 1. The first-order chi connectivity index (χ1) is 12.5. The Balaban J connectivity index is 1.37. The lowest BCUT2D eigenvalue weighted by molar-refractivity contribution is -0.133. The van der Waals surface area contributed by atoms with Crippen LogP contribution >= 0.6 is 11.6 Å². The Bertz CT molecular complexity index is 673. The fourth-order valence-corrected chi connectivity index (χ4v) is 3.54. The highest BCUT2D eigenvalue weighted by molar-refractivity contribution is 6.31. The number of phenolic OH excluding ortho intramolecular Hbond substituents is 1. The third-order valence-electron chi connectivity index (χ3n) is 5.05. The predicted molar refractivity (Wildman–Crippen MR) is 100 cm³/mol. The highest BCUT2D eigenvalue weighted by Gasteiger charge is 2.34. The minimum Gasteiger partial charge on any atom is -0.506 e. The van der Waals surface area contributed by atoms with Crippen molar-refractivity contribution in [2.75, 3.05) is 57.7 Å². The van der Waals surface area contributed by atoms with Gasteiger partial charge in [-0.3, -0.25) is 14.6 Å². The van der Waals surface area contributed by atoms with Gasteiger partial charge < -0.3 is 15.3 Å². The van der Waals surface area contributed by atoms with Gasteiger partial charge in [0.15, 0.2) is 0 Å². The number of halogens is 2. The van der Waals surface area contributed by atoms with Crippen LogP contribution in [-0.4, -0.2) is 84.1 Å². The number of hydrogen-bond acceptors (Lipinski definition) is 5. The molecule has 1 amide bonds. The van der Waals surface area contributed by atoms with E-state index in [0.717, 1.165) is 51.9 Å². The highest BCUT2D eigenvalue weighted by atomic mass is 35.5. The molecule has 0 radical (unpaired) electrons. The predicted octanol–water partition coefficient (Wildman–Crippen LogP) is 1.61. The molecule has 3 rings (SSSR count). The van der Waals surface area contributed by atoms with E-state index in [-0.39, 0.29) is 16.7 Å². The highest BCUT2D eigenvalue weighted by Crippen LogP contribution is 2.29. The molecule has 0 unspecified atom stereocenters. The Kier molecular flexibility index (Phi) is 6.01. The largest absolute Gasteiger partial charge is 0.506 e. The summed E-state index contributed by atoms with van der Waals surface area (Å²) in [6, 6.07) is 2.87. The molecule has 0 spiro atoms. The van der Waals surface area contributed by atoms with E-state index in [1.807, 2.05) is 4.90 Å². The van der Waals surface area contributed by atoms with Crippen molar-refractivity contribution in [3.8, 4) is 5.75 Å². The number of nitrogens with one attached hydrogen (secondary N) is 1. The second-order valence-electron chi connectivity index (χ2n) is 6.69. The molecule has 142 valence electrons. The molecule has 1 aromatic rings. The summed E-state index contributed by atoms with van der Waals surface area (Å²) in [5.41, 5.74) is 0.441. The fourth-order valence-electron chi connectivity index (χ4n) is 3.37. The van der Waals surface area contributed by atoms with Gasteiger partial charge >= 0.3 is 0 Å². The maximum absolute atomic E-state index is 13.2. The molecule has 2 saturated heterocycles. The Morgan fingerprint density at radius 2 is 2.04 bits per heavy atom. The molecule has 8 heteroatoms. The lowest BCUT2D eigenvalue weighted by Gasteiger charge is -2.47. The zero-order chi connectivity index (χ0) is 18.7. The summed E-state index contributed by atoms with van der Waals surface area (Å²) in [4.78, 5) is 18.1. The molecule has 1 aromatic carbocycles. The van der Waals surface area contributed by atoms with Gasteiger partial charge in [0, 0.05) is 64.5 Å². The molecule has 2 aliphatic rings. The summed E-state index contributed by atoms with van der Waals surface area (Å²) in [7, 11) is 0. The number of benzene rings is 1. The number of aromatic hydroxyl groups is 1. The number of carbonyl (C=O) groups excluding carboxylic acids is 1. The number of carbonyl (C=O) groups is 1. The van der Waals surface area contributed by atoms with E-state index >= 15 is 0 Å². The second kappa shape index (κ2) is 8.24. The Labute approximate surface area is 157 Å². The van der Waals surface area contributed by atoms with Gasteiger partial charge in [-0.15, -0.1) is 0 Å². The molecule has 0 saturated carbocycles. The number of amides is 1. The van der Waals surface area contributed by atoms with Gasteiger partial charge in [-0.05, 0) is 12.1 Å². The van der Waals surface area contributed by atoms with Crippen LogP contribution in [0.4, 0.5) is 10.1 Å². The quantitative estimate of drug-likeness (QED) is 0.578. The van der Waals surface area contributed by atoms with Gasteiger partial charge in [-0.25, -0.2) is 4.39 Å². The van der Waals surface area contributed by atoms with Crippen molar-refractivity contribution in [1.29, 1.82) is 0 Å². The minimum absolute atomic E-state index is 0.00936. The molecule has 2 aliphatic heterocycles. The third kappa shape index (κ3) is 4.28.